The number of amides is 1. The maximum atomic E-state index is 12.4. The average molecular weight is 390 g/mol. The summed E-state index contributed by atoms with van der Waals surface area (Å²) in [5.41, 5.74) is 6.36. The number of anilines is 1. The highest BCUT2D eigenvalue weighted by Crippen LogP contribution is 2.33. The van der Waals surface area contributed by atoms with Crippen LogP contribution in [0.1, 0.15) is 24.2 Å². The summed E-state index contributed by atoms with van der Waals surface area (Å²) in [5.74, 6) is -0.268. The van der Waals surface area contributed by atoms with Gasteiger partial charge in [0, 0.05) is 15.2 Å². The van der Waals surface area contributed by atoms with E-state index in [0.29, 0.717) is 31.6 Å². The van der Waals surface area contributed by atoms with Crippen LogP contribution in [0.25, 0.3) is 0 Å². The lowest BCUT2D eigenvalue weighted by atomic mass is 10.2. The van der Waals surface area contributed by atoms with Crippen molar-refractivity contribution in [2.75, 3.05) is 5.43 Å². The van der Waals surface area contributed by atoms with Crippen LogP contribution < -0.4 is 10.9 Å². The highest BCUT2D eigenvalue weighted by atomic mass is 35.5. The van der Waals surface area contributed by atoms with Crippen molar-refractivity contribution in [3.05, 3.63) is 57.0 Å². The molecular formula is C16H15Cl3N2OS. The van der Waals surface area contributed by atoms with E-state index in [9.17, 15) is 4.79 Å². The highest BCUT2D eigenvalue weighted by molar-refractivity contribution is 8.00. The number of carbonyl (C=O) groups excluding carboxylic acids is 1. The van der Waals surface area contributed by atoms with E-state index in [-0.39, 0.29) is 5.91 Å². The Bertz CT molecular complexity index is 699. The quantitative estimate of drug-likeness (QED) is 0.494. The predicted molar refractivity (Wildman–Crippen MR) is 100.0 cm³/mol. The Hall–Kier alpha value is -1.07. The zero-order valence-electron chi connectivity index (χ0n) is 12.5. The highest BCUT2D eigenvalue weighted by Gasteiger charge is 2.14. The Kier molecular flexibility index (Phi) is 6.48. The molecular weight excluding hydrogens is 375 g/mol. The third kappa shape index (κ3) is 4.95. The minimum Gasteiger partial charge on any atom is -0.295 e. The second-order valence-electron chi connectivity index (χ2n) is 4.99. The Morgan fingerprint density at radius 1 is 1.09 bits per heavy atom. The maximum absolute atomic E-state index is 12.4. The first-order valence-corrected chi connectivity index (χ1v) is 8.86. The molecule has 0 bridgehead atoms. The monoisotopic (exact) mass is 388 g/mol. The summed E-state index contributed by atoms with van der Waals surface area (Å²) >= 11 is 19.6. The van der Waals surface area contributed by atoms with Crippen LogP contribution in [-0.2, 0) is 0 Å². The molecule has 2 aromatic rings. The number of carbonyl (C=O) groups is 1. The summed E-state index contributed by atoms with van der Waals surface area (Å²) in [4.78, 5) is 13.3. The van der Waals surface area contributed by atoms with Crippen LogP contribution in [-0.4, -0.2) is 11.2 Å². The summed E-state index contributed by atoms with van der Waals surface area (Å²) in [6.45, 7) is 4.15. The van der Waals surface area contributed by atoms with Crippen molar-refractivity contribution in [1.82, 2.24) is 5.43 Å². The predicted octanol–water partition coefficient (Wildman–Crippen LogP) is 5.90. The van der Waals surface area contributed by atoms with E-state index in [1.165, 1.54) is 0 Å². The normalized spacial score (nSPS) is 10.7. The number of hydrogen-bond donors (Lipinski definition) is 2. The lowest BCUT2D eigenvalue weighted by Gasteiger charge is -2.14. The summed E-state index contributed by atoms with van der Waals surface area (Å²) < 4.78 is 0. The minimum absolute atomic E-state index is 0.268. The first kappa shape index (κ1) is 18.3. The molecule has 0 aliphatic carbocycles. The fourth-order valence-corrected chi connectivity index (χ4v) is 3.72. The van der Waals surface area contributed by atoms with Crippen molar-refractivity contribution in [3.63, 3.8) is 0 Å². The summed E-state index contributed by atoms with van der Waals surface area (Å²) in [6, 6.07) is 10.5. The van der Waals surface area contributed by atoms with Gasteiger partial charge in [0.05, 0.1) is 21.3 Å². The fraction of sp³-hybridized carbons (Fsp3) is 0.188. The van der Waals surface area contributed by atoms with Gasteiger partial charge in [0.15, 0.2) is 0 Å². The molecule has 0 aliphatic heterocycles. The Morgan fingerprint density at radius 3 is 2.30 bits per heavy atom. The van der Waals surface area contributed by atoms with E-state index in [4.69, 9.17) is 34.8 Å². The van der Waals surface area contributed by atoms with Gasteiger partial charge in [0.2, 0.25) is 0 Å². The van der Waals surface area contributed by atoms with E-state index >= 15 is 0 Å². The van der Waals surface area contributed by atoms with Gasteiger partial charge < -0.3 is 0 Å². The molecule has 0 saturated carbocycles. The number of rotatable bonds is 5. The molecule has 2 rings (SSSR count). The van der Waals surface area contributed by atoms with Crippen LogP contribution >= 0.6 is 46.6 Å². The molecule has 0 spiro atoms. The first-order chi connectivity index (χ1) is 10.9. The number of halogens is 3. The topological polar surface area (TPSA) is 41.1 Å². The molecule has 0 atom stereocenters. The molecule has 0 radical (unpaired) electrons. The molecule has 2 N–H and O–H groups in total. The van der Waals surface area contributed by atoms with Gasteiger partial charge in [-0.15, -0.1) is 11.8 Å². The van der Waals surface area contributed by atoms with Crippen LogP contribution in [0.15, 0.2) is 41.3 Å². The van der Waals surface area contributed by atoms with Crippen LogP contribution in [0.2, 0.25) is 15.1 Å². The zero-order valence-corrected chi connectivity index (χ0v) is 15.6. The fourth-order valence-electron chi connectivity index (χ4n) is 1.86. The van der Waals surface area contributed by atoms with Crippen LogP contribution in [0.5, 0.6) is 0 Å². The van der Waals surface area contributed by atoms with Crippen molar-refractivity contribution in [1.29, 1.82) is 0 Å². The molecule has 0 saturated heterocycles. The number of hydrogen-bond acceptors (Lipinski definition) is 3. The SMILES string of the molecule is CC(C)Sc1ccccc1C(=O)NNc1c(Cl)cc(Cl)cc1Cl. The summed E-state index contributed by atoms with van der Waals surface area (Å²) in [6.07, 6.45) is 0. The molecule has 2 aromatic carbocycles. The van der Waals surface area contributed by atoms with Crippen molar-refractivity contribution < 1.29 is 4.79 Å². The summed E-state index contributed by atoms with van der Waals surface area (Å²) in [7, 11) is 0. The van der Waals surface area contributed by atoms with Gasteiger partial charge in [-0.2, -0.15) is 0 Å². The van der Waals surface area contributed by atoms with Gasteiger partial charge in [-0.3, -0.25) is 15.6 Å². The second-order valence-corrected chi connectivity index (χ2v) is 7.86. The van der Waals surface area contributed by atoms with Crippen molar-refractivity contribution in [2.24, 2.45) is 0 Å². The Balaban J connectivity index is 2.15. The molecule has 3 nitrogen and oxygen atoms in total. The van der Waals surface area contributed by atoms with Crippen molar-refractivity contribution in [2.45, 2.75) is 24.0 Å². The Morgan fingerprint density at radius 2 is 1.70 bits per heavy atom. The number of nitrogens with one attached hydrogen (secondary N) is 2. The van der Waals surface area contributed by atoms with E-state index in [0.717, 1.165) is 4.90 Å². The molecule has 7 heteroatoms. The van der Waals surface area contributed by atoms with Gasteiger partial charge in [-0.1, -0.05) is 60.8 Å². The molecule has 0 unspecified atom stereocenters. The van der Waals surface area contributed by atoms with E-state index in [1.54, 1.807) is 30.0 Å². The third-order valence-corrected chi connectivity index (χ3v) is 4.70. The van der Waals surface area contributed by atoms with Gasteiger partial charge in [0.25, 0.3) is 5.91 Å². The number of thioether (sulfide) groups is 1. The molecule has 0 aromatic heterocycles. The largest absolute Gasteiger partial charge is 0.295 e. The average Bonchev–Trinajstić information content (AvgIpc) is 2.45. The molecule has 0 fully saturated rings. The lowest BCUT2D eigenvalue weighted by molar-refractivity contribution is 0.0960. The maximum Gasteiger partial charge on any atom is 0.270 e. The zero-order chi connectivity index (χ0) is 17.0. The third-order valence-electron chi connectivity index (χ3n) is 2.80. The minimum atomic E-state index is -0.268. The standard InChI is InChI=1S/C16H15Cl3N2OS/c1-9(2)23-14-6-4-3-5-11(14)16(22)21-20-15-12(18)7-10(17)8-13(15)19/h3-9,20H,1-2H3,(H,21,22). The van der Waals surface area contributed by atoms with Gasteiger partial charge in [-0.05, 0) is 24.3 Å². The van der Waals surface area contributed by atoms with Crippen molar-refractivity contribution in [3.8, 4) is 0 Å². The lowest BCUT2D eigenvalue weighted by Crippen LogP contribution is -2.30. The summed E-state index contributed by atoms with van der Waals surface area (Å²) in [5, 5.41) is 1.45. The van der Waals surface area contributed by atoms with Gasteiger partial charge in [-0.25, -0.2) is 0 Å². The van der Waals surface area contributed by atoms with Crippen LogP contribution in [0.4, 0.5) is 5.69 Å². The second kappa shape index (κ2) is 8.15. The molecule has 122 valence electrons. The number of benzene rings is 2. The van der Waals surface area contributed by atoms with E-state index < -0.39 is 0 Å². The molecule has 1 amide bonds. The smallest absolute Gasteiger partial charge is 0.270 e. The van der Waals surface area contributed by atoms with Crippen LogP contribution in [0, 0.1) is 0 Å². The molecule has 0 aliphatic rings. The number of hydrazine groups is 1. The molecule has 0 heterocycles. The van der Waals surface area contributed by atoms with E-state index in [1.807, 2.05) is 18.2 Å². The van der Waals surface area contributed by atoms with Gasteiger partial charge in [0.1, 0.15) is 0 Å². The molecule has 23 heavy (non-hydrogen) atoms. The van der Waals surface area contributed by atoms with Crippen molar-refractivity contribution >= 4 is 58.2 Å². The first-order valence-electron chi connectivity index (χ1n) is 6.85. The van der Waals surface area contributed by atoms with Gasteiger partial charge >= 0.3 is 0 Å². The van der Waals surface area contributed by atoms with Crippen LogP contribution in [0.3, 0.4) is 0 Å². The Labute approximate surface area is 154 Å². The van der Waals surface area contributed by atoms with E-state index in [2.05, 4.69) is 24.7 Å².